The Morgan fingerprint density at radius 1 is 1.53 bits per heavy atom. The lowest BCUT2D eigenvalue weighted by Gasteiger charge is -1.98. The Hall–Kier alpha value is -2.28. The summed E-state index contributed by atoms with van der Waals surface area (Å²) in [6.07, 6.45) is 1.42. The monoisotopic (exact) mass is 237 g/mol. The molecule has 2 N–H and O–H groups in total. The maximum absolute atomic E-state index is 13.1. The maximum atomic E-state index is 13.1. The number of hydrogen-bond donors (Lipinski definition) is 2. The van der Waals surface area contributed by atoms with Gasteiger partial charge in [0.05, 0.1) is 16.8 Å². The topological polar surface area (TPSA) is 92.1 Å². The number of nitro benzene ring substituents is 1. The van der Waals surface area contributed by atoms with E-state index in [9.17, 15) is 14.5 Å². The van der Waals surface area contributed by atoms with Gasteiger partial charge in [0.1, 0.15) is 12.4 Å². The van der Waals surface area contributed by atoms with E-state index in [2.05, 4.69) is 9.97 Å². The second-order valence-corrected chi connectivity index (χ2v) is 3.32. The molecule has 0 aliphatic heterocycles. The minimum absolute atomic E-state index is 0.261. The number of rotatable bonds is 3. The molecular weight excluding hydrogens is 229 g/mol. The van der Waals surface area contributed by atoms with Gasteiger partial charge in [-0.3, -0.25) is 10.1 Å². The molecule has 88 valence electrons. The zero-order valence-electron chi connectivity index (χ0n) is 8.55. The summed E-state index contributed by atoms with van der Waals surface area (Å²) in [5.41, 5.74) is 0.324. The van der Waals surface area contributed by atoms with E-state index in [4.69, 9.17) is 5.11 Å². The van der Waals surface area contributed by atoms with Crippen LogP contribution in [0.4, 0.5) is 10.1 Å². The molecule has 1 heterocycles. The van der Waals surface area contributed by atoms with Gasteiger partial charge in [0.25, 0.3) is 0 Å². The van der Waals surface area contributed by atoms with Crippen LogP contribution in [0.1, 0.15) is 5.82 Å². The molecule has 0 atom stereocenters. The smallest absolute Gasteiger partial charge is 0.305 e. The van der Waals surface area contributed by atoms with Crippen LogP contribution in [0.25, 0.3) is 11.3 Å². The molecule has 0 saturated heterocycles. The first kappa shape index (κ1) is 11.2. The molecule has 2 rings (SSSR count). The number of nitrogens with one attached hydrogen (secondary N) is 1. The lowest BCUT2D eigenvalue weighted by Crippen LogP contribution is -1.93. The summed E-state index contributed by atoms with van der Waals surface area (Å²) in [5, 5.41) is 19.4. The van der Waals surface area contributed by atoms with Crippen molar-refractivity contribution in [3.05, 3.63) is 46.2 Å². The second-order valence-electron chi connectivity index (χ2n) is 3.32. The Morgan fingerprint density at radius 2 is 2.29 bits per heavy atom. The molecule has 0 amide bonds. The third-order valence-corrected chi connectivity index (χ3v) is 2.23. The minimum atomic E-state index is -0.888. The van der Waals surface area contributed by atoms with Crippen molar-refractivity contribution in [2.75, 3.05) is 0 Å². The van der Waals surface area contributed by atoms with Gasteiger partial charge < -0.3 is 10.1 Å². The van der Waals surface area contributed by atoms with E-state index >= 15 is 0 Å². The number of halogens is 1. The lowest BCUT2D eigenvalue weighted by molar-refractivity contribution is -0.387. The van der Waals surface area contributed by atoms with Crippen LogP contribution in [0.2, 0.25) is 0 Å². The van der Waals surface area contributed by atoms with Crippen molar-refractivity contribution in [3.8, 4) is 11.3 Å². The van der Waals surface area contributed by atoms with Crippen LogP contribution < -0.4 is 0 Å². The molecule has 7 heteroatoms. The largest absolute Gasteiger partial charge is 0.388 e. The molecule has 0 radical (unpaired) electrons. The summed E-state index contributed by atoms with van der Waals surface area (Å²) in [4.78, 5) is 16.4. The van der Waals surface area contributed by atoms with E-state index < -0.39 is 16.4 Å². The van der Waals surface area contributed by atoms with E-state index in [0.29, 0.717) is 17.1 Å². The average Bonchev–Trinajstić information content (AvgIpc) is 2.78. The molecule has 0 bridgehead atoms. The van der Waals surface area contributed by atoms with Crippen molar-refractivity contribution in [1.82, 2.24) is 9.97 Å². The number of aliphatic hydroxyl groups is 1. The van der Waals surface area contributed by atoms with Crippen molar-refractivity contribution in [3.63, 3.8) is 0 Å². The molecule has 0 fully saturated rings. The van der Waals surface area contributed by atoms with Crippen LogP contribution in [0.3, 0.4) is 0 Å². The highest BCUT2D eigenvalue weighted by molar-refractivity contribution is 5.62. The zero-order chi connectivity index (χ0) is 12.4. The molecule has 0 aliphatic carbocycles. The maximum Gasteiger partial charge on any atom is 0.305 e. The lowest BCUT2D eigenvalue weighted by atomic mass is 10.1. The fourth-order valence-electron chi connectivity index (χ4n) is 1.41. The molecule has 6 nitrogen and oxygen atoms in total. The predicted molar refractivity (Wildman–Crippen MR) is 56.6 cm³/mol. The summed E-state index contributed by atoms with van der Waals surface area (Å²) in [6, 6.07) is 3.54. The third-order valence-electron chi connectivity index (χ3n) is 2.23. The van der Waals surface area contributed by atoms with Crippen LogP contribution >= 0.6 is 0 Å². The predicted octanol–water partition coefficient (Wildman–Crippen LogP) is 1.62. The number of aromatic nitrogens is 2. The molecule has 0 aliphatic rings. The second kappa shape index (κ2) is 4.30. The summed E-state index contributed by atoms with van der Waals surface area (Å²) in [5.74, 6) is -0.548. The Bertz CT molecular complexity index is 568. The normalized spacial score (nSPS) is 10.5. The molecule has 0 spiro atoms. The summed E-state index contributed by atoms with van der Waals surface area (Å²) in [6.45, 7) is -0.261. The minimum Gasteiger partial charge on any atom is -0.388 e. The van der Waals surface area contributed by atoms with E-state index in [1.807, 2.05) is 0 Å². The van der Waals surface area contributed by atoms with Gasteiger partial charge in [0.2, 0.25) is 5.82 Å². The standard InChI is InChI=1S/C10H8FN3O3/c11-7-2-1-6(3-9(7)14(16)17)8-4-12-10(5-15)13-8/h1-4,15H,5H2,(H,12,13). The first-order valence-electron chi connectivity index (χ1n) is 4.71. The van der Waals surface area contributed by atoms with E-state index in [-0.39, 0.29) is 6.61 Å². The number of H-pyrrole nitrogens is 1. The number of aliphatic hydroxyl groups excluding tert-OH is 1. The van der Waals surface area contributed by atoms with Crippen LogP contribution in [0, 0.1) is 15.9 Å². The quantitative estimate of drug-likeness (QED) is 0.626. The first-order valence-corrected chi connectivity index (χ1v) is 4.71. The average molecular weight is 237 g/mol. The Balaban J connectivity index is 2.46. The van der Waals surface area contributed by atoms with Crippen LogP contribution in [0.15, 0.2) is 24.4 Å². The molecule has 0 unspecified atom stereocenters. The zero-order valence-corrected chi connectivity index (χ0v) is 8.55. The van der Waals surface area contributed by atoms with Crippen molar-refractivity contribution < 1.29 is 14.4 Å². The van der Waals surface area contributed by atoms with Gasteiger partial charge >= 0.3 is 5.69 Å². The first-order chi connectivity index (χ1) is 8.11. The number of imidazole rings is 1. The summed E-state index contributed by atoms with van der Waals surface area (Å²) < 4.78 is 13.1. The van der Waals surface area contributed by atoms with Crippen LogP contribution in [-0.4, -0.2) is 20.0 Å². The number of hydrogen-bond acceptors (Lipinski definition) is 4. The van der Waals surface area contributed by atoms with Crippen LogP contribution in [0.5, 0.6) is 0 Å². The summed E-state index contributed by atoms with van der Waals surface area (Å²) >= 11 is 0. The Morgan fingerprint density at radius 3 is 2.88 bits per heavy atom. The fourth-order valence-corrected chi connectivity index (χ4v) is 1.41. The highest BCUT2D eigenvalue weighted by Crippen LogP contribution is 2.25. The van der Waals surface area contributed by atoms with Gasteiger partial charge in [-0.2, -0.15) is 4.39 Å². The van der Waals surface area contributed by atoms with Crippen molar-refractivity contribution >= 4 is 5.69 Å². The molecule has 17 heavy (non-hydrogen) atoms. The Labute approximate surface area is 94.9 Å². The van der Waals surface area contributed by atoms with E-state index in [0.717, 1.165) is 12.1 Å². The molecule has 1 aromatic heterocycles. The van der Waals surface area contributed by atoms with E-state index in [1.54, 1.807) is 0 Å². The molecular formula is C10H8FN3O3. The van der Waals surface area contributed by atoms with Gasteiger partial charge in [0, 0.05) is 11.6 Å². The van der Waals surface area contributed by atoms with E-state index in [1.165, 1.54) is 12.3 Å². The summed E-state index contributed by atoms with van der Waals surface area (Å²) in [7, 11) is 0. The van der Waals surface area contributed by atoms with Gasteiger partial charge in [0.15, 0.2) is 0 Å². The number of benzene rings is 1. The van der Waals surface area contributed by atoms with Crippen molar-refractivity contribution in [2.24, 2.45) is 0 Å². The molecule has 1 aromatic carbocycles. The highest BCUT2D eigenvalue weighted by Gasteiger charge is 2.15. The van der Waals surface area contributed by atoms with Gasteiger partial charge in [-0.1, -0.05) is 0 Å². The SMILES string of the molecule is O=[N+]([O-])c1cc(-c2cnc(CO)[nH]2)ccc1F. The van der Waals surface area contributed by atoms with Crippen molar-refractivity contribution in [2.45, 2.75) is 6.61 Å². The van der Waals surface area contributed by atoms with Gasteiger partial charge in [-0.25, -0.2) is 4.98 Å². The Kier molecular flexibility index (Phi) is 2.84. The number of nitrogens with zero attached hydrogens (tertiary/aromatic N) is 2. The van der Waals surface area contributed by atoms with Crippen molar-refractivity contribution in [1.29, 1.82) is 0 Å². The highest BCUT2D eigenvalue weighted by atomic mass is 19.1. The van der Waals surface area contributed by atoms with Gasteiger partial charge in [-0.05, 0) is 12.1 Å². The fraction of sp³-hybridized carbons (Fsp3) is 0.100. The molecule has 0 saturated carbocycles. The van der Waals surface area contributed by atoms with Crippen LogP contribution in [-0.2, 0) is 6.61 Å². The van der Waals surface area contributed by atoms with Gasteiger partial charge in [-0.15, -0.1) is 0 Å². The third kappa shape index (κ3) is 2.13. The number of aromatic amines is 1. The molecule has 2 aromatic rings. The number of nitro groups is 1.